The maximum absolute atomic E-state index is 11.6. The van der Waals surface area contributed by atoms with Crippen LogP contribution in [-0.2, 0) is 0 Å². The minimum absolute atomic E-state index is 0.00236. The van der Waals surface area contributed by atoms with E-state index in [9.17, 15) is 20.0 Å². The van der Waals surface area contributed by atoms with Gasteiger partial charge in [-0.1, -0.05) is 18.2 Å². The molecule has 0 fully saturated rings. The van der Waals surface area contributed by atoms with Crippen molar-refractivity contribution in [2.75, 3.05) is 0 Å². The number of benzene rings is 1. The molecule has 0 amide bonds. The highest BCUT2D eigenvalue weighted by Crippen LogP contribution is 2.22. The van der Waals surface area contributed by atoms with Crippen LogP contribution in [0.4, 0.5) is 5.69 Å². The summed E-state index contributed by atoms with van der Waals surface area (Å²) in [6.45, 7) is 3.79. The monoisotopic (exact) mass is 317 g/mol. The van der Waals surface area contributed by atoms with Crippen LogP contribution in [0.2, 0.25) is 0 Å². The molecule has 0 saturated heterocycles. The van der Waals surface area contributed by atoms with Gasteiger partial charge in [0.25, 0.3) is 5.88 Å². The smallest absolute Gasteiger partial charge is 0.395 e. The Morgan fingerprint density at radius 1 is 1.35 bits per heavy atom. The fourth-order valence-corrected chi connectivity index (χ4v) is 1.86. The highest BCUT2D eigenvalue weighted by atomic mass is 16.6. The van der Waals surface area contributed by atoms with Gasteiger partial charge in [-0.25, -0.2) is 0 Å². The Morgan fingerprint density at radius 3 is 2.65 bits per heavy atom. The van der Waals surface area contributed by atoms with Crippen LogP contribution < -0.4 is 10.3 Å². The number of ether oxygens (including phenoxy) is 1. The Bertz CT molecular complexity index is 811. The molecule has 1 aromatic heterocycles. The summed E-state index contributed by atoms with van der Waals surface area (Å²) in [5.74, 6) is -0.283. The molecule has 2 N–H and O–H groups in total. The second-order valence-corrected chi connectivity index (χ2v) is 4.92. The van der Waals surface area contributed by atoms with E-state index in [0.29, 0.717) is 5.75 Å². The number of aromatic amines is 1. The first kappa shape index (κ1) is 16.2. The van der Waals surface area contributed by atoms with Crippen LogP contribution >= 0.6 is 0 Å². The molecule has 0 saturated carbocycles. The van der Waals surface area contributed by atoms with Crippen molar-refractivity contribution in [1.82, 2.24) is 9.97 Å². The van der Waals surface area contributed by atoms with Crippen molar-refractivity contribution in [2.24, 2.45) is 0 Å². The quantitative estimate of drug-likeness (QED) is 0.645. The lowest BCUT2D eigenvalue weighted by Gasteiger charge is -2.11. The van der Waals surface area contributed by atoms with E-state index in [2.05, 4.69) is 9.97 Å². The molecule has 2 aromatic rings. The Labute approximate surface area is 131 Å². The summed E-state index contributed by atoms with van der Waals surface area (Å²) < 4.78 is 5.65. The van der Waals surface area contributed by atoms with Gasteiger partial charge in [-0.15, -0.1) is 0 Å². The lowest BCUT2D eigenvalue weighted by Crippen LogP contribution is -2.14. The number of rotatable bonds is 5. The maximum atomic E-state index is 11.6. The lowest BCUT2D eigenvalue weighted by molar-refractivity contribution is -0.387. The second-order valence-electron chi connectivity index (χ2n) is 4.92. The van der Waals surface area contributed by atoms with Gasteiger partial charge in [-0.2, -0.15) is 4.98 Å². The molecule has 0 spiro atoms. The number of hydrogen-bond acceptors (Lipinski definition) is 6. The summed E-state index contributed by atoms with van der Waals surface area (Å²) in [7, 11) is 0. The number of nitrogens with one attached hydrogen (secondary N) is 1. The van der Waals surface area contributed by atoms with Gasteiger partial charge < -0.3 is 14.8 Å². The first-order chi connectivity index (χ1) is 10.9. The van der Waals surface area contributed by atoms with Gasteiger partial charge in [0.2, 0.25) is 0 Å². The Balaban J connectivity index is 2.35. The fraction of sp³-hybridized carbons (Fsp3) is 0.200. The third-order valence-corrected chi connectivity index (χ3v) is 2.78. The molecule has 0 aliphatic rings. The van der Waals surface area contributed by atoms with Crippen LogP contribution in [0.3, 0.4) is 0 Å². The van der Waals surface area contributed by atoms with E-state index in [1.165, 1.54) is 6.08 Å². The van der Waals surface area contributed by atoms with Crippen molar-refractivity contribution in [3.8, 4) is 11.6 Å². The van der Waals surface area contributed by atoms with Crippen LogP contribution in [0.5, 0.6) is 11.6 Å². The average molecular weight is 317 g/mol. The largest absolute Gasteiger partial charge is 0.490 e. The Kier molecular flexibility index (Phi) is 4.75. The Morgan fingerprint density at radius 2 is 2.04 bits per heavy atom. The second kappa shape index (κ2) is 6.73. The molecule has 0 unspecified atom stereocenters. The van der Waals surface area contributed by atoms with Crippen molar-refractivity contribution < 1.29 is 14.8 Å². The average Bonchev–Trinajstić information content (AvgIpc) is 2.44. The van der Waals surface area contributed by atoms with Crippen molar-refractivity contribution in [2.45, 2.75) is 20.0 Å². The van der Waals surface area contributed by atoms with Crippen LogP contribution in [0.1, 0.15) is 25.2 Å². The molecule has 0 bridgehead atoms. The topological polar surface area (TPSA) is 118 Å². The zero-order chi connectivity index (χ0) is 17.0. The SMILES string of the molecule is CC(C)Oc1ccccc1/C=C/c1nc(O)c([N+](=O)[O-])c(=O)[nH]1. The van der Waals surface area contributed by atoms with Gasteiger partial charge in [-0.3, -0.25) is 14.9 Å². The van der Waals surface area contributed by atoms with Gasteiger partial charge in [-0.05, 0) is 32.1 Å². The van der Waals surface area contributed by atoms with E-state index < -0.39 is 22.0 Å². The predicted octanol–water partition coefficient (Wildman–Crippen LogP) is 2.34. The van der Waals surface area contributed by atoms with Crippen LogP contribution in [0.15, 0.2) is 29.1 Å². The molecule has 0 aliphatic carbocycles. The number of nitrogens with zero attached hydrogens (tertiary/aromatic N) is 2. The normalized spacial score (nSPS) is 11.1. The molecule has 8 nitrogen and oxygen atoms in total. The van der Waals surface area contributed by atoms with Gasteiger partial charge >= 0.3 is 11.2 Å². The summed E-state index contributed by atoms with van der Waals surface area (Å²) in [5, 5.41) is 20.1. The van der Waals surface area contributed by atoms with Crippen molar-refractivity contribution >= 4 is 17.8 Å². The highest BCUT2D eigenvalue weighted by molar-refractivity contribution is 5.70. The van der Waals surface area contributed by atoms with Gasteiger partial charge in [0.1, 0.15) is 11.6 Å². The fourth-order valence-electron chi connectivity index (χ4n) is 1.86. The third kappa shape index (κ3) is 3.94. The van der Waals surface area contributed by atoms with Crippen LogP contribution in [0, 0.1) is 10.1 Å². The predicted molar refractivity (Wildman–Crippen MR) is 84.3 cm³/mol. The maximum Gasteiger partial charge on any atom is 0.395 e. The number of nitro groups is 1. The van der Waals surface area contributed by atoms with Crippen LogP contribution in [0.25, 0.3) is 12.2 Å². The molecular formula is C15H15N3O5. The minimum atomic E-state index is -1.02. The summed E-state index contributed by atoms with van der Waals surface area (Å²) in [5.41, 5.74) is -1.26. The van der Waals surface area contributed by atoms with E-state index >= 15 is 0 Å². The number of H-pyrrole nitrogens is 1. The number of aromatic nitrogens is 2. The van der Waals surface area contributed by atoms with E-state index in [-0.39, 0.29) is 11.9 Å². The van der Waals surface area contributed by atoms with E-state index in [1.54, 1.807) is 18.2 Å². The molecular weight excluding hydrogens is 302 g/mol. The number of para-hydroxylation sites is 1. The molecule has 1 heterocycles. The Hall–Kier alpha value is -3.16. The van der Waals surface area contributed by atoms with Crippen molar-refractivity contribution in [1.29, 1.82) is 0 Å². The molecule has 0 aliphatic heterocycles. The lowest BCUT2D eigenvalue weighted by atomic mass is 10.2. The first-order valence-corrected chi connectivity index (χ1v) is 6.80. The molecule has 1 aromatic carbocycles. The van der Waals surface area contributed by atoms with E-state index in [4.69, 9.17) is 4.74 Å². The molecule has 8 heteroatoms. The molecule has 120 valence electrons. The number of hydrogen-bond donors (Lipinski definition) is 2. The summed E-state index contributed by atoms with van der Waals surface area (Å²) in [4.78, 5) is 27.0. The van der Waals surface area contributed by atoms with Crippen molar-refractivity contribution in [3.05, 3.63) is 56.1 Å². The van der Waals surface area contributed by atoms with Gasteiger partial charge in [0.15, 0.2) is 0 Å². The molecule has 0 atom stereocenters. The standard InChI is InChI=1S/C15H15N3O5/c1-9(2)23-11-6-4-3-5-10(11)7-8-12-16-14(19)13(18(21)22)15(20)17-12/h3-9H,1-2H3,(H2,16,17,19,20)/b8-7+. The molecule has 23 heavy (non-hydrogen) atoms. The number of aromatic hydroxyl groups is 1. The van der Waals surface area contributed by atoms with Gasteiger partial charge in [0.05, 0.1) is 11.0 Å². The van der Waals surface area contributed by atoms with E-state index in [1.807, 2.05) is 26.0 Å². The third-order valence-electron chi connectivity index (χ3n) is 2.78. The van der Waals surface area contributed by atoms with Crippen molar-refractivity contribution in [3.63, 3.8) is 0 Å². The zero-order valence-electron chi connectivity index (χ0n) is 12.5. The summed E-state index contributed by atoms with van der Waals surface area (Å²) >= 11 is 0. The zero-order valence-corrected chi connectivity index (χ0v) is 12.5. The molecule has 2 rings (SSSR count). The summed E-state index contributed by atoms with van der Waals surface area (Å²) in [6, 6.07) is 7.24. The summed E-state index contributed by atoms with van der Waals surface area (Å²) in [6.07, 6.45) is 3.04. The first-order valence-electron chi connectivity index (χ1n) is 6.80. The highest BCUT2D eigenvalue weighted by Gasteiger charge is 2.21. The van der Waals surface area contributed by atoms with E-state index in [0.717, 1.165) is 5.56 Å². The minimum Gasteiger partial charge on any atom is -0.490 e. The van der Waals surface area contributed by atoms with Gasteiger partial charge in [0, 0.05) is 5.56 Å². The van der Waals surface area contributed by atoms with Crippen LogP contribution in [-0.4, -0.2) is 26.1 Å². The molecule has 0 radical (unpaired) electrons.